The van der Waals surface area contributed by atoms with Gasteiger partial charge in [0.15, 0.2) is 0 Å². The summed E-state index contributed by atoms with van der Waals surface area (Å²) in [4.78, 5) is 2.29. The van der Waals surface area contributed by atoms with Gasteiger partial charge in [-0.05, 0) is 43.7 Å². The lowest BCUT2D eigenvalue weighted by Gasteiger charge is -2.21. The van der Waals surface area contributed by atoms with Crippen LogP contribution in [0.15, 0.2) is 4.47 Å². The minimum atomic E-state index is 0.553. The molecule has 0 aliphatic heterocycles. The highest BCUT2D eigenvalue weighted by atomic mass is 79.9. The lowest BCUT2D eigenvalue weighted by Crippen LogP contribution is -2.26. The lowest BCUT2D eigenvalue weighted by molar-refractivity contribution is 0.258. The highest BCUT2D eigenvalue weighted by molar-refractivity contribution is 9.10. The zero-order valence-corrected chi connectivity index (χ0v) is 11.1. The number of halogens is 1. The Morgan fingerprint density at radius 2 is 2.07 bits per heavy atom. The smallest absolute Gasteiger partial charge is 0.0739 e. The Morgan fingerprint density at radius 1 is 1.50 bits per heavy atom. The number of nitrogens with zero attached hydrogens (tertiary/aromatic N) is 3. The van der Waals surface area contributed by atoms with Gasteiger partial charge in [-0.15, -0.1) is 0 Å². The Labute approximate surface area is 94.2 Å². The molecule has 3 nitrogen and oxygen atoms in total. The number of hydrogen-bond donors (Lipinski definition) is 0. The van der Waals surface area contributed by atoms with Gasteiger partial charge in [0, 0.05) is 19.6 Å². The quantitative estimate of drug-likeness (QED) is 0.831. The Hall–Kier alpha value is -0.350. The van der Waals surface area contributed by atoms with E-state index in [1.54, 1.807) is 0 Å². The molecule has 1 aromatic heterocycles. The van der Waals surface area contributed by atoms with Crippen LogP contribution in [0.4, 0.5) is 0 Å². The van der Waals surface area contributed by atoms with Crippen molar-refractivity contribution in [1.82, 2.24) is 14.7 Å². The van der Waals surface area contributed by atoms with Crippen LogP contribution in [0.25, 0.3) is 0 Å². The van der Waals surface area contributed by atoms with E-state index in [-0.39, 0.29) is 0 Å². The Balaban J connectivity index is 2.86. The van der Waals surface area contributed by atoms with E-state index >= 15 is 0 Å². The second-order valence-electron chi connectivity index (χ2n) is 3.98. The van der Waals surface area contributed by atoms with Crippen LogP contribution < -0.4 is 0 Å². The zero-order valence-electron chi connectivity index (χ0n) is 9.50. The van der Waals surface area contributed by atoms with Crippen molar-refractivity contribution >= 4 is 15.9 Å². The molecule has 0 bridgehead atoms. The van der Waals surface area contributed by atoms with Gasteiger partial charge in [-0.2, -0.15) is 5.10 Å². The maximum atomic E-state index is 4.37. The third-order valence-electron chi connectivity index (χ3n) is 2.54. The van der Waals surface area contributed by atoms with Gasteiger partial charge < -0.3 is 0 Å². The fourth-order valence-corrected chi connectivity index (χ4v) is 1.73. The van der Waals surface area contributed by atoms with Crippen LogP contribution in [0.5, 0.6) is 0 Å². The van der Waals surface area contributed by atoms with Gasteiger partial charge in [0.1, 0.15) is 0 Å². The first kappa shape index (κ1) is 11.7. The van der Waals surface area contributed by atoms with Gasteiger partial charge in [0.05, 0.1) is 15.9 Å². The molecule has 0 aliphatic carbocycles. The van der Waals surface area contributed by atoms with Crippen molar-refractivity contribution in [3.63, 3.8) is 0 Å². The number of hydrogen-bond acceptors (Lipinski definition) is 2. The van der Waals surface area contributed by atoms with E-state index in [1.165, 1.54) is 5.69 Å². The van der Waals surface area contributed by atoms with Crippen molar-refractivity contribution in [2.75, 3.05) is 7.05 Å². The molecule has 0 spiro atoms. The first-order valence-corrected chi connectivity index (χ1v) is 5.61. The Morgan fingerprint density at radius 3 is 2.43 bits per heavy atom. The van der Waals surface area contributed by atoms with Gasteiger partial charge in [0.25, 0.3) is 0 Å². The average Bonchev–Trinajstić information content (AvgIpc) is 2.32. The summed E-state index contributed by atoms with van der Waals surface area (Å²) in [5.41, 5.74) is 2.29. The van der Waals surface area contributed by atoms with Crippen molar-refractivity contribution in [3.8, 4) is 0 Å². The minimum Gasteiger partial charge on any atom is -0.298 e. The molecule has 1 heterocycles. The minimum absolute atomic E-state index is 0.553. The molecule has 0 saturated heterocycles. The fourth-order valence-electron chi connectivity index (χ4n) is 1.27. The molecule has 0 atom stereocenters. The Bertz CT molecular complexity index is 317. The fraction of sp³-hybridized carbons (Fsp3) is 0.700. The SMILES string of the molecule is Cc1nn(C)c(CN(C)C(C)C)c1Br. The van der Waals surface area contributed by atoms with E-state index in [9.17, 15) is 0 Å². The molecule has 80 valence electrons. The van der Waals surface area contributed by atoms with Gasteiger partial charge in [-0.1, -0.05) is 0 Å². The van der Waals surface area contributed by atoms with E-state index in [2.05, 4.69) is 46.8 Å². The first-order chi connectivity index (χ1) is 6.43. The lowest BCUT2D eigenvalue weighted by atomic mass is 10.3. The van der Waals surface area contributed by atoms with Crippen LogP contribution >= 0.6 is 15.9 Å². The summed E-state index contributed by atoms with van der Waals surface area (Å²) >= 11 is 3.57. The molecule has 0 aromatic carbocycles. The van der Waals surface area contributed by atoms with E-state index in [0.717, 1.165) is 16.7 Å². The molecule has 4 heteroatoms. The first-order valence-electron chi connectivity index (χ1n) is 4.81. The van der Waals surface area contributed by atoms with Crippen LogP contribution in [0.3, 0.4) is 0 Å². The number of aryl methyl sites for hydroxylation is 2. The van der Waals surface area contributed by atoms with Crippen molar-refractivity contribution in [3.05, 3.63) is 15.9 Å². The highest BCUT2D eigenvalue weighted by Crippen LogP contribution is 2.21. The molecule has 14 heavy (non-hydrogen) atoms. The van der Waals surface area contributed by atoms with Gasteiger partial charge in [-0.3, -0.25) is 9.58 Å². The van der Waals surface area contributed by atoms with Crippen LogP contribution in [0, 0.1) is 6.92 Å². The second-order valence-corrected chi connectivity index (χ2v) is 4.77. The molecule has 0 fully saturated rings. The predicted octanol–water partition coefficient (Wildman–Crippen LogP) is 2.33. The van der Waals surface area contributed by atoms with Crippen molar-refractivity contribution in [2.24, 2.45) is 7.05 Å². The van der Waals surface area contributed by atoms with Crippen LogP contribution in [0.2, 0.25) is 0 Å². The maximum Gasteiger partial charge on any atom is 0.0739 e. The highest BCUT2D eigenvalue weighted by Gasteiger charge is 2.13. The predicted molar refractivity (Wildman–Crippen MR) is 62.2 cm³/mol. The normalized spacial score (nSPS) is 11.7. The molecule has 1 rings (SSSR count). The summed E-state index contributed by atoms with van der Waals surface area (Å²) in [6.07, 6.45) is 0. The second kappa shape index (κ2) is 4.45. The topological polar surface area (TPSA) is 21.1 Å². The average molecular weight is 260 g/mol. The largest absolute Gasteiger partial charge is 0.298 e. The van der Waals surface area contributed by atoms with E-state index in [0.29, 0.717) is 6.04 Å². The number of aromatic nitrogens is 2. The van der Waals surface area contributed by atoms with Crippen LogP contribution in [-0.4, -0.2) is 27.8 Å². The van der Waals surface area contributed by atoms with Gasteiger partial charge in [0.2, 0.25) is 0 Å². The maximum absolute atomic E-state index is 4.37. The molecule has 0 radical (unpaired) electrons. The number of rotatable bonds is 3. The summed E-state index contributed by atoms with van der Waals surface area (Å²) in [5, 5.41) is 4.37. The molecule has 0 aliphatic rings. The summed E-state index contributed by atoms with van der Waals surface area (Å²) in [6, 6.07) is 0.553. The summed E-state index contributed by atoms with van der Waals surface area (Å²) in [6.45, 7) is 7.33. The zero-order chi connectivity index (χ0) is 10.9. The van der Waals surface area contributed by atoms with E-state index in [4.69, 9.17) is 0 Å². The summed E-state index contributed by atoms with van der Waals surface area (Å²) in [7, 11) is 4.11. The third kappa shape index (κ3) is 2.36. The molecule has 0 saturated carbocycles. The molecule has 0 amide bonds. The van der Waals surface area contributed by atoms with Gasteiger partial charge in [-0.25, -0.2) is 0 Å². The van der Waals surface area contributed by atoms with Crippen molar-refractivity contribution in [2.45, 2.75) is 33.4 Å². The summed E-state index contributed by atoms with van der Waals surface area (Å²) in [5.74, 6) is 0. The van der Waals surface area contributed by atoms with Crippen molar-refractivity contribution in [1.29, 1.82) is 0 Å². The third-order valence-corrected chi connectivity index (χ3v) is 3.57. The van der Waals surface area contributed by atoms with Crippen LogP contribution in [-0.2, 0) is 13.6 Å². The standard InChI is InChI=1S/C10H18BrN3/c1-7(2)13(4)6-9-10(11)8(3)12-14(9)5/h7H,6H2,1-5H3. The molecular formula is C10H18BrN3. The molecule has 1 aromatic rings. The molecular weight excluding hydrogens is 242 g/mol. The molecule has 0 N–H and O–H groups in total. The monoisotopic (exact) mass is 259 g/mol. The summed E-state index contributed by atoms with van der Waals surface area (Å²) < 4.78 is 3.07. The van der Waals surface area contributed by atoms with Gasteiger partial charge >= 0.3 is 0 Å². The van der Waals surface area contributed by atoms with Crippen LogP contribution in [0.1, 0.15) is 25.2 Å². The van der Waals surface area contributed by atoms with E-state index in [1.807, 2.05) is 18.7 Å². The molecule has 0 unspecified atom stereocenters. The van der Waals surface area contributed by atoms with E-state index < -0.39 is 0 Å². The Kier molecular flexibility index (Phi) is 3.72. The van der Waals surface area contributed by atoms with Crippen molar-refractivity contribution < 1.29 is 0 Å².